The molecule has 8 heteroatoms. The first-order valence-corrected chi connectivity index (χ1v) is 10.4. The van der Waals surface area contributed by atoms with Crippen molar-refractivity contribution in [1.82, 2.24) is 24.1 Å². The SMILES string of the molecule is COC(=O)c1cncn1Cc1ccc(-c2nc3ccc(I)cc3n2C2CC2)cn1. The van der Waals surface area contributed by atoms with Crippen LogP contribution in [0.5, 0.6) is 0 Å². The zero-order valence-corrected chi connectivity index (χ0v) is 17.9. The minimum atomic E-state index is -0.410. The van der Waals surface area contributed by atoms with E-state index in [0.29, 0.717) is 18.3 Å². The van der Waals surface area contributed by atoms with Gasteiger partial charge in [-0.15, -0.1) is 0 Å². The standard InChI is InChI=1S/C21H18IN5O2/c1-29-21(28)19-10-23-12-26(19)11-15-4-2-13(9-24-15)20-25-17-7-3-14(22)8-18(17)27(20)16-5-6-16/h2-4,7-10,12,16H,5-6,11H2,1H3. The van der Waals surface area contributed by atoms with Gasteiger partial charge in [-0.2, -0.15) is 0 Å². The summed E-state index contributed by atoms with van der Waals surface area (Å²) >= 11 is 2.34. The third-order valence-corrected chi connectivity index (χ3v) is 5.76. The van der Waals surface area contributed by atoms with E-state index in [9.17, 15) is 4.79 Å². The van der Waals surface area contributed by atoms with Gasteiger partial charge >= 0.3 is 5.97 Å². The van der Waals surface area contributed by atoms with E-state index in [1.807, 2.05) is 18.3 Å². The number of carbonyl (C=O) groups excluding carboxylic acids is 1. The van der Waals surface area contributed by atoms with Crippen LogP contribution in [0.1, 0.15) is 35.1 Å². The number of hydrogen-bond acceptors (Lipinski definition) is 5. The highest BCUT2D eigenvalue weighted by Crippen LogP contribution is 2.41. The Morgan fingerprint density at radius 2 is 2.10 bits per heavy atom. The van der Waals surface area contributed by atoms with Crippen LogP contribution in [0.15, 0.2) is 49.1 Å². The van der Waals surface area contributed by atoms with Crippen LogP contribution in [-0.4, -0.2) is 37.2 Å². The second kappa shape index (κ2) is 7.25. The molecule has 1 fully saturated rings. The van der Waals surface area contributed by atoms with Gasteiger partial charge in [-0.05, 0) is 65.8 Å². The molecule has 0 spiro atoms. The number of rotatable bonds is 5. The van der Waals surface area contributed by atoms with Gasteiger partial charge in [0.05, 0.1) is 42.9 Å². The molecule has 3 heterocycles. The van der Waals surface area contributed by atoms with E-state index < -0.39 is 5.97 Å². The van der Waals surface area contributed by atoms with Gasteiger partial charge in [0.1, 0.15) is 11.5 Å². The van der Waals surface area contributed by atoms with Gasteiger partial charge in [-0.25, -0.2) is 14.8 Å². The number of aromatic nitrogens is 5. The summed E-state index contributed by atoms with van der Waals surface area (Å²) in [5.41, 5.74) is 4.42. The van der Waals surface area contributed by atoms with Crippen molar-refractivity contribution in [2.75, 3.05) is 7.11 Å². The number of imidazole rings is 2. The molecule has 0 saturated heterocycles. The van der Waals surface area contributed by atoms with E-state index in [-0.39, 0.29) is 0 Å². The Balaban J connectivity index is 1.48. The second-order valence-electron chi connectivity index (χ2n) is 7.11. The first-order valence-electron chi connectivity index (χ1n) is 9.35. The minimum absolute atomic E-state index is 0.406. The van der Waals surface area contributed by atoms with E-state index in [1.165, 1.54) is 35.2 Å². The Labute approximate surface area is 180 Å². The molecule has 146 valence electrons. The topological polar surface area (TPSA) is 74.8 Å². The molecule has 29 heavy (non-hydrogen) atoms. The number of methoxy groups -OCH3 is 1. The molecule has 0 aliphatic heterocycles. The van der Waals surface area contributed by atoms with Crippen LogP contribution < -0.4 is 0 Å². The molecule has 3 aromatic heterocycles. The molecule has 0 atom stereocenters. The van der Waals surface area contributed by atoms with Gasteiger partial charge < -0.3 is 13.9 Å². The van der Waals surface area contributed by atoms with Crippen molar-refractivity contribution in [3.63, 3.8) is 0 Å². The maximum absolute atomic E-state index is 11.8. The maximum Gasteiger partial charge on any atom is 0.356 e. The lowest BCUT2D eigenvalue weighted by Gasteiger charge is -2.09. The van der Waals surface area contributed by atoms with Crippen LogP contribution in [0.25, 0.3) is 22.4 Å². The van der Waals surface area contributed by atoms with Crippen LogP contribution in [0.4, 0.5) is 0 Å². The highest BCUT2D eigenvalue weighted by molar-refractivity contribution is 14.1. The van der Waals surface area contributed by atoms with Gasteiger partial charge in [-0.3, -0.25) is 4.98 Å². The summed E-state index contributed by atoms with van der Waals surface area (Å²) in [5.74, 6) is 0.549. The van der Waals surface area contributed by atoms with Gasteiger partial charge in [0.15, 0.2) is 0 Å². The molecule has 7 nitrogen and oxygen atoms in total. The minimum Gasteiger partial charge on any atom is -0.464 e. The first kappa shape index (κ1) is 18.3. The molecule has 0 amide bonds. The fourth-order valence-electron chi connectivity index (χ4n) is 3.52. The van der Waals surface area contributed by atoms with E-state index in [1.54, 1.807) is 10.9 Å². The van der Waals surface area contributed by atoms with Gasteiger partial charge in [0.25, 0.3) is 0 Å². The molecule has 1 aliphatic rings. The molecular formula is C21H18IN5O2. The molecule has 0 unspecified atom stereocenters. The summed E-state index contributed by atoms with van der Waals surface area (Å²) in [6.07, 6.45) is 7.34. The van der Waals surface area contributed by atoms with E-state index >= 15 is 0 Å². The third-order valence-electron chi connectivity index (χ3n) is 5.09. The number of esters is 1. The number of benzene rings is 1. The highest BCUT2D eigenvalue weighted by Gasteiger charge is 2.28. The summed E-state index contributed by atoms with van der Waals surface area (Å²) in [6.45, 7) is 0.446. The highest BCUT2D eigenvalue weighted by atomic mass is 127. The van der Waals surface area contributed by atoms with Gasteiger partial charge in [-0.1, -0.05) is 0 Å². The molecule has 1 saturated carbocycles. The fraction of sp³-hybridized carbons (Fsp3) is 0.238. The predicted molar refractivity (Wildman–Crippen MR) is 117 cm³/mol. The summed E-state index contributed by atoms with van der Waals surface area (Å²) in [4.78, 5) is 25.4. The fourth-order valence-corrected chi connectivity index (χ4v) is 3.99. The zero-order chi connectivity index (χ0) is 20.0. The number of nitrogens with zero attached hydrogens (tertiary/aromatic N) is 5. The average molecular weight is 499 g/mol. The lowest BCUT2D eigenvalue weighted by molar-refractivity contribution is 0.0589. The number of hydrogen-bond donors (Lipinski definition) is 0. The molecule has 5 rings (SSSR count). The number of fused-ring (bicyclic) bond motifs is 1. The van der Waals surface area contributed by atoms with Crippen molar-refractivity contribution in [2.45, 2.75) is 25.4 Å². The lowest BCUT2D eigenvalue weighted by Crippen LogP contribution is -2.11. The summed E-state index contributed by atoms with van der Waals surface area (Å²) in [6, 6.07) is 10.9. The molecule has 4 aromatic rings. The smallest absolute Gasteiger partial charge is 0.356 e. The largest absolute Gasteiger partial charge is 0.464 e. The zero-order valence-electron chi connectivity index (χ0n) is 15.7. The molecular weight excluding hydrogens is 481 g/mol. The molecule has 0 bridgehead atoms. The van der Waals surface area contributed by atoms with Crippen LogP contribution >= 0.6 is 22.6 Å². The Kier molecular flexibility index (Phi) is 4.57. The predicted octanol–water partition coefficient (Wildman–Crippen LogP) is 4.07. The van der Waals surface area contributed by atoms with Crippen molar-refractivity contribution in [1.29, 1.82) is 0 Å². The first-order chi connectivity index (χ1) is 14.1. The van der Waals surface area contributed by atoms with Crippen molar-refractivity contribution < 1.29 is 9.53 Å². The normalized spacial score (nSPS) is 13.7. The van der Waals surface area contributed by atoms with Crippen LogP contribution in [-0.2, 0) is 11.3 Å². The van der Waals surface area contributed by atoms with Crippen molar-refractivity contribution in [2.24, 2.45) is 0 Å². The molecule has 0 radical (unpaired) electrons. The number of halogens is 1. The Morgan fingerprint density at radius 1 is 1.24 bits per heavy atom. The van der Waals surface area contributed by atoms with Gasteiger partial charge in [0.2, 0.25) is 0 Å². The van der Waals surface area contributed by atoms with Crippen molar-refractivity contribution in [3.8, 4) is 11.4 Å². The maximum atomic E-state index is 11.8. The Morgan fingerprint density at radius 3 is 2.83 bits per heavy atom. The van der Waals surface area contributed by atoms with Crippen LogP contribution in [0, 0.1) is 3.57 Å². The molecule has 0 N–H and O–H groups in total. The summed E-state index contributed by atoms with van der Waals surface area (Å²) < 4.78 is 10.1. The number of pyridine rings is 1. The Hall–Kier alpha value is -2.75. The number of carbonyl (C=O) groups is 1. The van der Waals surface area contributed by atoms with E-state index in [0.717, 1.165) is 22.6 Å². The second-order valence-corrected chi connectivity index (χ2v) is 8.35. The lowest BCUT2D eigenvalue weighted by atomic mass is 10.2. The molecule has 1 aliphatic carbocycles. The number of ether oxygens (including phenoxy) is 1. The van der Waals surface area contributed by atoms with Crippen molar-refractivity contribution in [3.05, 3.63) is 64.0 Å². The third kappa shape index (κ3) is 3.41. The van der Waals surface area contributed by atoms with E-state index in [4.69, 9.17) is 9.72 Å². The quantitative estimate of drug-likeness (QED) is 0.306. The van der Waals surface area contributed by atoms with Crippen molar-refractivity contribution >= 4 is 39.6 Å². The summed E-state index contributed by atoms with van der Waals surface area (Å²) in [7, 11) is 1.36. The Bertz CT molecular complexity index is 1210. The van der Waals surface area contributed by atoms with E-state index in [2.05, 4.69) is 55.3 Å². The average Bonchev–Trinajstić information content (AvgIpc) is 3.35. The monoisotopic (exact) mass is 499 g/mol. The van der Waals surface area contributed by atoms with Crippen LogP contribution in [0.2, 0.25) is 0 Å². The van der Waals surface area contributed by atoms with Gasteiger partial charge in [0, 0.05) is 21.4 Å². The summed E-state index contributed by atoms with van der Waals surface area (Å²) in [5, 5.41) is 0. The van der Waals surface area contributed by atoms with Crippen LogP contribution in [0.3, 0.4) is 0 Å². The molecule has 1 aromatic carbocycles.